The maximum atomic E-state index is 12.2. The average molecular weight is 275 g/mol. The van der Waals surface area contributed by atoms with E-state index < -0.39 is 16.8 Å². The van der Waals surface area contributed by atoms with Crippen LogP contribution in [0.2, 0.25) is 0 Å². The average Bonchev–Trinajstić information content (AvgIpc) is 2.39. The van der Waals surface area contributed by atoms with Crippen LogP contribution in [0, 0.1) is 6.92 Å². The third-order valence-corrected chi connectivity index (χ3v) is 3.91. The zero-order valence-corrected chi connectivity index (χ0v) is 11.2. The molecule has 1 aromatic carbocycles. The highest BCUT2D eigenvalue weighted by atomic mass is 32.2. The summed E-state index contributed by atoms with van der Waals surface area (Å²) >= 11 is 0. The molecule has 0 saturated carbocycles. The van der Waals surface area contributed by atoms with E-state index in [-0.39, 0.29) is 11.3 Å². The highest BCUT2D eigenvalue weighted by molar-refractivity contribution is 7.84. The maximum Gasteiger partial charge on any atom is 0.335 e. The van der Waals surface area contributed by atoms with Crippen molar-refractivity contribution in [3.63, 3.8) is 0 Å². The van der Waals surface area contributed by atoms with E-state index in [1.54, 1.807) is 12.1 Å². The van der Waals surface area contributed by atoms with Gasteiger partial charge in [0, 0.05) is 10.6 Å². The molecule has 0 aliphatic heterocycles. The molecular formula is C14H13NO3S. The molecule has 0 aliphatic rings. The number of carboxylic acid groups (broad SMARTS) is 1. The van der Waals surface area contributed by atoms with Crippen molar-refractivity contribution in [3.8, 4) is 0 Å². The first kappa shape index (κ1) is 13.4. The zero-order chi connectivity index (χ0) is 13.8. The predicted molar refractivity (Wildman–Crippen MR) is 72.5 cm³/mol. The molecule has 1 unspecified atom stereocenters. The first-order chi connectivity index (χ1) is 9.06. The van der Waals surface area contributed by atoms with Crippen molar-refractivity contribution >= 4 is 16.8 Å². The Morgan fingerprint density at radius 1 is 1.26 bits per heavy atom. The van der Waals surface area contributed by atoms with Gasteiger partial charge in [-0.3, -0.25) is 9.19 Å². The molecule has 2 aromatic rings. The van der Waals surface area contributed by atoms with Crippen LogP contribution in [0.4, 0.5) is 0 Å². The number of carboxylic acids is 1. The third kappa shape index (κ3) is 3.48. The van der Waals surface area contributed by atoms with Crippen molar-refractivity contribution < 1.29 is 14.1 Å². The number of nitrogens with zero attached hydrogens (tertiary/aromatic N) is 1. The molecule has 4 nitrogen and oxygen atoms in total. The lowest BCUT2D eigenvalue weighted by Crippen LogP contribution is -2.02. The van der Waals surface area contributed by atoms with Gasteiger partial charge in [0.05, 0.1) is 27.8 Å². The first-order valence-electron chi connectivity index (χ1n) is 5.70. The third-order valence-electron chi connectivity index (χ3n) is 2.57. The standard InChI is InChI=1S/C14H13NO3S/c1-10-4-2-6-12(15-10)9-19(18)13-7-3-5-11(8-13)14(16)17/h2-8H,9H2,1H3,(H,16,17). The van der Waals surface area contributed by atoms with Crippen LogP contribution in [0.1, 0.15) is 21.7 Å². The van der Waals surface area contributed by atoms with Gasteiger partial charge in [-0.25, -0.2) is 4.79 Å². The zero-order valence-electron chi connectivity index (χ0n) is 10.4. The Labute approximate surface area is 113 Å². The Bertz CT molecular complexity index is 640. The van der Waals surface area contributed by atoms with Gasteiger partial charge in [0.2, 0.25) is 0 Å². The molecule has 98 valence electrons. The number of carbonyl (C=O) groups is 1. The van der Waals surface area contributed by atoms with E-state index in [1.165, 1.54) is 12.1 Å². The van der Waals surface area contributed by atoms with Gasteiger partial charge < -0.3 is 5.11 Å². The second-order valence-corrected chi connectivity index (χ2v) is 5.54. The summed E-state index contributed by atoms with van der Waals surface area (Å²) in [6.45, 7) is 1.87. The molecule has 0 radical (unpaired) electrons. The van der Waals surface area contributed by atoms with Crippen molar-refractivity contribution in [1.82, 2.24) is 4.98 Å². The molecule has 19 heavy (non-hydrogen) atoms. The van der Waals surface area contributed by atoms with Gasteiger partial charge in [0.1, 0.15) is 0 Å². The molecule has 0 fully saturated rings. The van der Waals surface area contributed by atoms with E-state index in [1.807, 2.05) is 25.1 Å². The van der Waals surface area contributed by atoms with Crippen molar-refractivity contribution in [2.75, 3.05) is 0 Å². The molecule has 0 saturated heterocycles. The molecule has 5 heteroatoms. The predicted octanol–water partition coefficient (Wildman–Crippen LogP) is 2.40. The fourth-order valence-electron chi connectivity index (χ4n) is 1.67. The van der Waals surface area contributed by atoms with Crippen LogP contribution < -0.4 is 0 Å². The minimum atomic E-state index is -1.30. The topological polar surface area (TPSA) is 67.3 Å². The summed E-state index contributed by atoms with van der Waals surface area (Å²) in [6, 6.07) is 11.7. The monoisotopic (exact) mass is 275 g/mol. The van der Waals surface area contributed by atoms with Crippen LogP contribution in [0.3, 0.4) is 0 Å². The van der Waals surface area contributed by atoms with Crippen LogP contribution in [-0.2, 0) is 16.6 Å². The van der Waals surface area contributed by atoms with E-state index >= 15 is 0 Å². The second-order valence-electron chi connectivity index (χ2n) is 4.09. The summed E-state index contributed by atoms with van der Waals surface area (Å²) in [5, 5.41) is 8.91. The number of aromatic carboxylic acids is 1. The number of hydrogen-bond acceptors (Lipinski definition) is 3. The lowest BCUT2D eigenvalue weighted by molar-refractivity contribution is 0.0696. The van der Waals surface area contributed by atoms with E-state index in [9.17, 15) is 9.00 Å². The minimum Gasteiger partial charge on any atom is -0.478 e. The number of benzene rings is 1. The number of aromatic nitrogens is 1. The summed E-state index contributed by atoms with van der Waals surface area (Å²) in [5.41, 5.74) is 1.75. The van der Waals surface area contributed by atoms with Gasteiger partial charge in [0.15, 0.2) is 0 Å². The summed E-state index contributed by atoms with van der Waals surface area (Å²) in [7, 11) is -1.30. The maximum absolute atomic E-state index is 12.2. The fraction of sp³-hybridized carbons (Fsp3) is 0.143. The molecule has 0 bridgehead atoms. The van der Waals surface area contributed by atoms with Crippen LogP contribution in [0.5, 0.6) is 0 Å². The minimum absolute atomic E-state index is 0.142. The van der Waals surface area contributed by atoms with Gasteiger partial charge >= 0.3 is 5.97 Å². The highest BCUT2D eigenvalue weighted by Crippen LogP contribution is 2.13. The van der Waals surface area contributed by atoms with Gasteiger partial charge in [-0.1, -0.05) is 12.1 Å². The Hall–Kier alpha value is -2.01. The molecule has 1 heterocycles. The quantitative estimate of drug-likeness (QED) is 0.930. The Morgan fingerprint density at radius 2 is 2.00 bits per heavy atom. The van der Waals surface area contributed by atoms with Crippen LogP contribution in [0.25, 0.3) is 0 Å². The Morgan fingerprint density at radius 3 is 2.68 bits per heavy atom. The largest absolute Gasteiger partial charge is 0.478 e. The fourth-order valence-corrected chi connectivity index (χ4v) is 2.75. The van der Waals surface area contributed by atoms with Gasteiger partial charge in [-0.15, -0.1) is 0 Å². The van der Waals surface area contributed by atoms with Crippen molar-refractivity contribution in [3.05, 3.63) is 59.4 Å². The number of hydrogen-bond donors (Lipinski definition) is 1. The van der Waals surface area contributed by atoms with E-state index in [0.29, 0.717) is 4.90 Å². The van der Waals surface area contributed by atoms with Crippen LogP contribution in [-0.4, -0.2) is 20.3 Å². The van der Waals surface area contributed by atoms with Crippen molar-refractivity contribution in [1.29, 1.82) is 0 Å². The lowest BCUT2D eigenvalue weighted by atomic mass is 10.2. The summed E-state index contributed by atoms with van der Waals surface area (Å²) in [4.78, 5) is 15.7. The lowest BCUT2D eigenvalue weighted by Gasteiger charge is -2.04. The number of rotatable bonds is 4. The van der Waals surface area contributed by atoms with E-state index in [2.05, 4.69) is 4.98 Å². The summed E-state index contributed by atoms with van der Waals surface area (Å²) < 4.78 is 12.2. The second kappa shape index (κ2) is 5.75. The van der Waals surface area contributed by atoms with Gasteiger partial charge in [-0.2, -0.15) is 0 Å². The summed E-state index contributed by atoms with van der Waals surface area (Å²) in [6.07, 6.45) is 0. The molecule has 1 atom stereocenters. The van der Waals surface area contributed by atoms with Crippen LogP contribution in [0.15, 0.2) is 47.4 Å². The van der Waals surface area contributed by atoms with Crippen LogP contribution >= 0.6 is 0 Å². The van der Waals surface area contributed by atoms with Gasteiger partial charge in [0.25, 0.3) is 0 Å². The first-order valence-corrected chi connectivity index (χ1v) is 7.02. The SMILES string of the molecule is Cc1cccc(CS(=O)c2cccc(C(=O)O)c2)n1. The van der Waals surface area contributed by atoms with E-state index in [4.69, 9.17) is 5.11 Å². The molecular weight excluding hydrogens is 262 g/mol. The Balaban J connectivity index is 2.20. The number of aryl methyl sites for hydroxylation is 1. The molecule has 1 aromatic heterocycles. The Kier molecular flexibility index (Phi) is 4.06. The highest BCUT2D eigenvalue weighted by Gasteiger charge is 2.09. The van der Waals surface area contributed by atoms with Crippen molar-refractivity contribution in [2.45, 2.75) is 17.6 Å². The molecule has 2 rings (SSSR count). The molecule has 0 amide bonds. The normalized spacial score (nSPS) is 12.1. The van der Waals surface area contributed by atoms with Crippen molar-refractivity contribution in [2.24, 2.45) is 0 Å². The molecule has 0 spiro atoms. The number of pyridine rings is 1. The molecule has 0 aliphatic carbocycles. The van der Waals surface area contributed by atoms with Gasteiger partial charge in [-0.05, 0) is 37.3 Å². The smallest absolute Gasteiger partial charge is 0.335 e. The summed E-state index contributed by atoms with van der Waals surface area (Å²) in [5.74, 6) is -0.738. The van der Waals surface area contributed by atoms with E-state index in [0.717, 1.165) is 11.4 Å². The molecule has 1 N–H and O–H groups in total.